The Balaban J connectivity index is 1.62. The van der Waals surface area contributed by atoms with Crippen LogP contribution in [0.2, 0.25) is 0 Å². The first-order chi connectivity index (χ1) is 16.1. The quantitative estimate of drug-likeness (QED) is 0.383. The third-order valence-corrected chi connectivity index (χ3v) is 6.97. The van der Waals surface area contributed by atoms with Gasteiger partial charge in [0.15, 0.2) is 11.6 Å². The highest BCUT2D eigenvalue weighted by molar-refractivity contribution is 7.78. The summed E-state index contributed by atoms with van der Waals surface area (Å²) in [5.41, 5.74) is 3.20. The molecule has 33 heavy (non-hydrogen) atoms. The lowest BCUT2D eigenvalue weighted by molar-refractivity contribution is 0.122. The number of ether oxygens (including phenoxy) is 2. The van der Waals surface area contributed by atoms with E-state index in [2.05, 4.69) is 14.9 Å². The van der Waals surface area contributed by atoms with Gasteiger partial charge < -0.3 is 18.9 Å². The minimum Gasteiger partial charge on any atom is -0.772 e. The number of aromatic nitrogens is 4. The van der Waals surface area contributed by atoms with Gasteiger partial charge in [-0.3, -0.25) is 4.21 Å². The molecule has 1 saturated heterocycles. The van der Waals surface area contributed by atoms with Gasteiger partial charge in [0.25, 0.3) is 0 Å². The van der Waals surface area contributed by atoms with Crippen LogP contribution >= 0.6 is 11.3 Å². The van der Waals surface area contributed by atoms with Crippen LogP contribution in [-0.4, -0.2) is 62.1 Å². The number of methoxy groups -OCH3 is 1. The van der Waals surface area contributed by atoms with Gasteiger partial charge in [-0.05, 0) is 23.3 Å². The molecule has 0 saturated carbocycles. The molecule has 1 aromatic carbocycles. The predicted molar refractivity (Wildman–Crippen MR) is 126 cm³/mol. The summed E-state index contributed by atoms with van der Waals surface area (Å²) in [5.74, 6) is 1.37. The first-order valence-electron chi connectivity index (χ1n) is 10.3. The van der Waals surface area contributed by atoms with E-state index in [0.717, 1.165) is 45.1 Å². The number of fused-ring (bicyclic) bond motifs is 1. The molecule has 1 fully saturated rings. The minimum atomic E-state index is -2.14. The summed E-state index contributed by atoms with van der Waals surface area (Å²) in [7, 11) is 1.52. The van der Waals surface area contributed by atoms with E-state index in [4.69, 9.17) is 19.4 Å². The van der Waals surface area contributed by atoms with Crippen LogP contribution in [0.1, 0.15) is 5.56 Å². The molecule has 1 unspecified atom stereocenters. The van der Waals surface area contributed by atoms with E-state index in [1.165, 1.54) is 7.11 Å². The Morgan fingerprint density at radius 2 is 1.94 bits per heavy atom. The van der Waals surface area contributed by atoms with Crippen molar-refractivity contribution in [2.45, 2.75) is 5.75 Å². The zero-order chi connectivity index (χ0) is 22.8. The average Bonchev–Trinajstić information content (AvgIpc) is 3.28. The van der Waals surface area contributed by atoms with Gasteiger partial charge in [-0.2, -0.15) is 0 Å². The summed E-state index contributed by atoms with van der Waals surface area (Å²) in [6.07, 6.45) is 3.30. The van der Waals surface area contributed by atoms with E-state index in [1.807, 2.05) is 30.3 Å². The maximum atomic E-state index is 11.1. The summed E-state index contributed by atoms with van der Waals surface area (Å²) in [6, 6.07) is 9.87. The van der Waals surface area contributed by atoms with Crippen molar-refractivity contribution in [1.82, 2.24) is 19.9 Å². The first kappa shape index (κ1) is 21.8. The number of thiophene rings is 1. The number of hydrogen-bond donors (Lipinski definition) is 0. The second-order valence-electron chi connectivity index (χ2n) is 7.40. The van der Waals surface area contributed by atoms with Gasteiger partial charge in [-0.25, -0.2) is 19.9 Å². The molecule has 4 aromatic rings. The van der Waals surface area contributed by atoms with Crippen molar-refractivity contribution in [2.75, 3.05) is 38.3 Å². The van der Waals surface area contributed by atoms with E-state index in [0.29, 0.717) is 24.6 Å². The van der Waals surface area contributed by atoms with Gasteiger partial charge in [0.2, 0.25) is 0 Å². The standard InChI is InChI=1S/C22H21N5O4S2/c1-30-22-23-11-16(12-24-22)20-25-17-10-18(15-4-2-3-14(9-15)13-33(28)29)32-19(17)21(26-20)27-5-7-31-8-6-27/h2-4,9-12H,5-8,13H2,1H3,(H,28,29)/p-1. The summed E-state index contributed by atoms with van der Waals surface area (Å²) in [5, 5.41) is 0. The number of benzene rings is 1. The molecule has 1 atom stereocenters. The Labute approximate surface area is 196 Å². The fourth-order valence-corrected chi connectivity index (χ4v) is 5.23. The highest BCUT2D eigenvalue weighted by Crippen LogP contribution is 2.39. The monoisotopic (exact) mass is 482 g/mol. The molecule has 4 heterocycles. The molecule has 0 radical (unpaired) electrons. The third-order valence-electron chi connectivity index (χ3n) is 5.23. The second-order valence-corrected chi connectivity index (χ2v) is 9.35. The fraction of sp³-hybridized carbons (Fsp3) is 0.273. The van der Waals surface area contributed by atoms with Gasteiger partial charge >= 0.3 is 6.01 Å². The minimum absolute atomic E-state index is 0.0147. The van der Waals surface area contributed by atoms with Crippen molar-refractivity contribution in [3.05, 3.63) is 48.3 Å². The van der Waals surface area contributed by atoms with Gasteiger partial charge in [0.05, 0.1) is 36.1 Å². The summed E-state index contributed by atoms with van der Waals surface area (Å²) in [6.45, 7) is 2.75. The van der Waals surface area contributed by atoms with Crippen molar-refractivity contribution in [3.8, 4) is 27.8 Å². The van der Waals surface area contributed by atoms with Crippen LogP contribution in [0.15, 0.2) is 42.7 Å². The Bertz CT molecular complexity index is 1310. The van der Waals surface area contributed by atoms with Crippen LogP contribution in [0.3, 0.4) is 0 Å². The summed E-state index contributed by atoms with van der Waals surface area (Å²) < 4.78 is 33.8. The van der Waals surface area contributed by atoms with Gasteiger partial charge in [0.1, 0.15) is 0 Å². The maximum absolute atomic E-state index is 11.1. The first-order valence-corrected chi connectivity index (χ1v) is 12.3. The Morgan fingerprint density at radius 1 is 1.15 bits per heavy atom. The second kappa shape index (κ2) is 9.48. The van der Waals surface area contributed by atoms with E-state index in [1.54, 1.807) is 23.7 Å². The molecule has 0 aliphatic carbocycles. The van der Waals surface area contributed by atoms with E-state index >= 15 is 0 Å². The number of rotatable bonds is 6. The molecule has 0 bridgehead atoms. The maximum Gasteiger partial charge on any atom is 0.316 e. The number of morpholine rings is 1. The molecule has 0 N–H and O–H groups in total. The molecule has 3 aromatic heterocycles. The van der Waals surface area contributed by atoms with Crippen molar-refractivity contribution >= 4 is 38.5 Å². The lowest BCUT2D eigenvalue weighted by atomic mass is 10.1. The number of nitrogens with zero attached hydrogens (tertiary/aromatic N) is 5. The summed E-state index contributed by atoms with van der Waals surface area (Å²) >= 11 is -0.543. The molecule has 170 valence electrons. The molecule has 5 rings (SSSR count). The van der Waals surface area contributed by atoms with Gasteiger partial charge in [-0.1, -0.05) is 29.3 Å². The van der Waals surface area contributed by atoms with Gasteiger partial charge in [0, 0.05) is 36.1 Å². The molecular formula is C22H20N5O4S2-. The Morgan fingerprint density at radius 3 is 2.67 bits per heavy atom. The third kappa shape index (κ3) is 4.71. The number of anilines is 1. The van der Waals surface area contributed by atoms with E-state index in [9.17, 15) is 8.76 Å². The van der Waals surface area contributed by atoms with Crippen molar-refractivity contribution < 1.29 is 18.2 Å². The number of hydrogen-bond acceptors (Lipinski definition) is 10. The van der Waals surface area contributed by atoms with Crippen LogP contribution in [0, 0.1) is 0 Å². The highest BCUT2D eigenvalue weighted by Gasteiger charge is 2.21. The molecule has 11 heteroatoms. The highest BCUT2D eigenvalue weighted by atomic mass is 32.2. The van der Waals surface area contributed by atoms with Crippen LogP contribution in [0.5, 0.6) is 6.01 Å². The Hall–Kier alpha value is -2.99. The molecule has 9 nitrogen and oxygen atoms in total. The average molecular weight is 483 g/mol. The van der Waals surface area contributed by atoms with Gasteiger partial charge in [-0.15, -0.1) is 11.3 Å². The normalized spacial score (nSPS) is 15.0. The Kier molecular flexibility index (Phi) is 6.27. The van der Waals surface area contributed by atoms with E-state index < -0.39 is 11.1 Å². The van der Waals surface area contributed by atoms with Crippen molar-refractivity contribution in [1.29, 1.82) is 0 Å². The lowest BCUT2D eigenvalue weighted by Crippen LogP contribution is -2.36. The predicted octanol–water partition coefficient (Wildman–Crippen LogP) is 3.04. The zero-order valence-electron chi connectivity index (χ0n) is 17.8. The van der Waals surface area contributed by atoms with Crippen LogP contribution < -0.4 is 9.64 Å². The zero-order valence-corrected chi connectivity index (χ0v) is 19.4. The molecule has 0 amide bonds. The van der Waals surface area contributed by atoms with Crippen LogP contribution in [0.25, 0.3) is 32.0 Å². The SMILES string of the molecule is COc1ncc(-c2nc(N3CCOCC3)c3sc(-c4cccc(CS(=O)[O-])c4)cc3n2)cn1. The lowest BCUT2D eigenvalue weighted by Gasteiger charge is -2.28. The summed E-state index contributed by atoms with van der Waals surface area (Å²) in [4.78, 5) is 21.3. The van der Waals surface area contributed by atoms with Crippen LogP contribution in [0.4, 0.5) is 5.82 Å². The molecule has 0 spiro atoms. The van der Waals surface area contributed by atoms with Crippen LogP contribution in [-0.2, 0) is 21.6 Å². The largest absolute Gasteiger partial charge is 0.772 e. The van der Waals surface area contributed by atoms with Crippen molar-refractivity contribution in [3.63, 3.8) is 0 Å². The van der Waals surface area contributed by atoms with E-state index in [-0.39, 0.29) is 11.8 Å². The fourth-order valence-electron chi connectivity index (χ4n) is 3.66. The molecule has 1 aliphatic heterocycles. The van der Waals surface area contributed by atoms with Crippen molar-refractivity contribution in [2.24, 2.45) is 0 Å². The molecule has 1 aliphatic rings. The molecular weight excluding hydrogens is 462 g/mol. The smallest absolute Gasteiger partial charge is 0.316 e. The topological polar surface area (TPSA) is 113 Å².